The number of nitrogens with zero attached hydrogens (tertiary/aromatic N) is 1. The minimum absolute atomic E-state index is 0.159. The van der Waals surface area contributed by atoms with Gasteiger partial charge in [-0.25, -0.2) is 4.39 Å². The van der Waals surface area contributed by atoms with Crippen LogP contribution in [0.3, 0.4) is 0 Å². The molecule has 112 valence electrons. The van der Waals surface area contributed by atoms with Gasteiger partial charge in [-0.05, 0) is 44.0 Å². The maximum Gasteiger partial charge on any atom is 0.123 e. The molecule has 2 N–H and O–H groups in total. The van der Waals surface area contributed by atoms with E-state index in [2.05, 4.69) is 10.2 Å². The van der Waals surface area contributed by atoms with Crippen LogP contribution in [0.2, 0.25) is 0 Å². The Morgan fingerprint density at radius 1 is 1.40 bits per heavy atom. The first kappa shape index (κ1) is 15.4. The van der Waals surface area contributed by atoms with Crippen LogP contribution in [0.4, 0.5) is 4.39 Å². The van der Waals surface area contributed by atoms with Gasteiger partial charge in [-0.3, -0.25) is 4.90 Å². The average Bonchev–Trinajstić information content (AvgIpc) is 2.37. The van der Waals surface area contributed by atoms with E-state index in [0.29, 0.717) is 6.04 Å². The second kappa shape index (κ2) is 7.72. The molecule has 1 saturated carbocycles. The van der Waals surface area contributed by atoms with Crippen molar-refractivity contribution in [3.63, 3.8) is 0 Å². The Kier molecular flexibility index (Phi) is 5.95. The van der Waals surface area contributed by atoms with Gasteiger partial charge in [0.2, 0.25) is 0 Å². The molecule has 0 heterocycles. The Balaban J connectivity index is 1.91. The molecule has 1 aromatic rings. The highest BCUT2D eigenvalue weighted by atomic mass is 19.1. The number of aliphatic hydroxyl groups is 1. The third-order valence-corrected chi connectivity index (χ3v) is 4.28. The maximum absolute atomic E-state index is 13.3. The van der Waals surface area contributed by atoms with Crippen molar-refractivity contribution in [1.82, 2.24) is 10.2 Å². The number of rotatable bonds is 8. The molecule has 1 atom stereocenters. The molecule has 3 nitrogen and oxygen atoms in total. The summed E-state index contributed by atoms with van der Waals surface area (Å²) in [7, 11) is 1.91. The van der Waals surface area contributed by atoms with Gasteiger partial charge in [-0.2, -0.15) is 0 Å². The molecule has 0 amide bonds. The number of nitrogens with one attached hydrogen (secondary N) is 1. The summed E-state index contributed by atoms with van der Waals surface area (Å²) < 4.78 is 13.3. The maximum atomic E-state index is 13.3. The minimum Gasteiger partial charge on any atom is -0.395 e. The quantitative estimate of drug-likeness (QED) is 0.767. The molecule has 1 aromatic carbocycles. The van der Waals surface area contributed by atoms with E-state index < -0.39 is 0 Å². The molecule has 1 unspecified atom stereocenters. The monoisotopic (exact) mass is 280 g/mol. The van der Waals surface area contributed by atoms with Gasteiger partial charge in [0.05, 0.1) is 6.61 Å². The molecule has 0 bridgehead atoms. The molecule has 20 heavy (non-hydrogen) atoms. The average molecular weight is 280 g/mol. The fourth-order valence-electron chi connectivity index (χ4n) is 2.85. The Labute approximate surface area is 120 Å². The summed E-state index contributed by atoms with van der Waals surface area (Å²) in [5, 5.41) is 12.4. The summed E-state index contributed by atoms with van der Waals surface area (Å²) in [5.41, 5.74) is 0.991. The van der Waals surface area contributed by atoms with E-state index in [-0.39, 0.29) is 18.5 Å². The molecule has 0 aliphatic heterocycles. The van der Waals surface area contributed by atoms with Crippen LogP contribution >= 0.6 is 0 Å². The Hall–Kier alpha value is -0.970. The predicted octanol–water partition coefficient (Wildman–Crippen LogP) is 2.32. The van der Waals surface area contributed by atoms with Gasteiger partial charge in [0.1, 0.15) is 5.82 Å². The number of halogens is 1. The van der Waals surface area contributed by atoms with Crippen LogP contribution in [0.25, 0.3) is 0 Å². The Bertz CT molecular complexity index is 409. The van der Waals surface area contributed by atoms with Gasteiger partial charge in [0, 0.05) is 25.2 Å². The van der Waals surface area contributed by atoms with Crippen molar-refractivity contribution in [2.45, 2.75) is 37.8 Å². The molecule has 0 spiro atoms. The Morgan fingerprint density at radius 3 is 2.75 bits per heavy atom. The molecule has 1 aliphatic carbocycles. The van der Waals surface area contributed by atoms with Crippen molar-refractivity contribution in [3.8, 4) is 0 Å². The summed E-state index contributed by atoms with van der Waals surface area (Å²) in [6, 6.07) is 7.58. The third kappa shape index (κ3) is 4.01. The van der Waals surface area contributed by atoms with E-state index in [4.69, 9.17) is 0 Å². The first-order valence-electron chi connectivity index (χ1n) is 7.52. The van der Waals surface area contributed by atoms with Crippen LogP contribution in [-0.2, 0) is 0 Å². The third-order valence-electron chi connectivity index (χ3n) is 4.28. The molecule has 1 aliphatic rings. The van der Waals surface area contributed by atoms with Gasteiger partial charge < -0.3 is 10.4 Å². The van der Waals surface area contributed by atoms with E-state index >= 15 is 0 Å². The lowest BCUT2D eigenvalue weighted by Gasteiger charge is -2.38. The van der Waals surface area contributed by atoms with Gasteiger partial charge in [-0.15, -0.1) is 0 Å². The second-order valence-electron chi connectivity index (χ2n) is 5.53. The SMILES string of the molecule is CNC(CCN(CCO)C1CCC1)c1cccc(F)c1. The van der Waals surface area contributed by atoms with Crippen LogP contribution < -0.4 is 5.32 Å². The fourth-order valence-corrected chi connectivity index (χ4v) is 2.85. The number of benzene rings is 1. The smallest absolute Gasteiger partial charge is 0.123 e. The summed E-state index contributed by atoms with van der Waals surface area (Å²) in [6.07, 6.45) is 4.71. The summed E-state index contributed by atoms with van der Waals surface area (Å²) in [4.78, 5) is 2.37. The fraction of sp³-hybridized carbons (Fsp3) is 0.625. The standard InChI is InChI=1S/C16H25FN2O/c1-18-16(13-4-2-5-14(17)12-13)8-9-19(10-11-20)15-6-3-7-15/h2,4-5,12,15-16,18,20H,3,6-11H2,1H3. The van der Waals surface area contributed by atoms with Gasteiger partial charge in [0.15, 0.2) is 0 Å². The van der Waals surface area contributed by atoms with E-state index in [1.165, 1.54) is 25.3 Å². The van der Waals surface area contributed by atoms with E-state index in [1.807, 2.05) is 13.1 Å². The zero-order valence-corrected chi connectivity index (χ0v) is 12.2. The van der Waals surface area contributed by atoms with Crippen molar-refractivity contribution in [2.24, 2.45) is 0 Å². The number of hydrogen-bond donors (Lipinski definition) is 2. The van der Waals surface area contributed by atoms with Crippen molar-refractivity contribution in [2.75, 3.05) is 26.7 Å². The molecular formula is C16H25FN2O. The molecule has 0 saturated heterocycles. The van der Waals surface area contributed by atoms with E-state index in [9.17, 15) is 9.50 Å². The van der Waals surface area contributed by atoms with Crippen LogP contribution in [-0.4, -0.2) is 42.8 Å². The van der Waals surface area contributed by atoms with Crippen molar-refractivity contribution >= 4 is 0 Å². The first-order valence-corrected chi connectivity index (χ1v) is 7.52. The van der Waals surface area contributed by atoms with Gasteiger partial charge in [0.25, 0.3) is 0 Å². The zero-order chi connectivity index (χ0) is 14.4. The first-order chi connectivity index (χ1) is 9.74. The molecule has 2 rings (SSSR count). The number of aliphatic hydroxyl groups excluding tert-OH is 1. The van der Waals surface area contributed by atoms with Crippen LogP contribution in [0.5, 0.6) is 0 Å². The van der Waals surface area contributed by atoms with E-state index in [1.54, 1.807) is 12.1 Å². The van der Waals surface area contributed by atoms with Crippen LogP contribution in [0.1, 0.15) is 37.3 Å². The normalized spacial score (nSPS) is 17.2. The van der Waals surface area contributed by atoms with Gasteiger partial charge in [-0.1, -0.05) is 18.6 Å². The lowest BCUT2D eigenvalue weighted by molar-refractivity contribution is 0.0972. The highest BCUT2D eigenvalue weighted by Crippen LogP contribution is 2.26. The molecule has 1 fully saturated rings. The highest BCUT2D eigenvalue weighted by Gasteiger charge is 2.25. The molecule has 0 aromatic heterocycles. The highest BCUT2D eigenvalue weighted by molar-refractivity contribution is 5.20. The lowest BCUT2D eigenvalue weighted by atomic mass is 9.91. The largest absolute Gasteiger partial charge is 0.395 e. The topological polar surface area (TPSA) is 35.5 Å². The van der Waals surface area contributed by atoms with Crippen molar-refractivity contribution < 1.29 is 9.50 Å². The van der Waals surface area contributed by atoms with Crippen LogP contribution in [0.15, 0.2) is 24.3 Å². The minimum atomic E-state index is -0.186. The molecule has 0 radical (unpaired) electrons. The van der Waals surface area contributed by atoms with Gasteiger partial charge >= 0.3 is 0 Å². The van der Waals surface area contributed by atoms with E-state index in [0.717, 1.165) is 25.1 Å². The lowest BCUT2D eigenvalue weighted by Crippen LogP contribution is -2.43. The summed E-state index contributed by atoms with van der Waals surface area (Å²) >= 11 is 0. The van der Waals surface area contributed by atoms with Crippen molar-refractivity contribution in [1.29, 1.82) is 0 Å². The second-order valence-corrected chi connectivity index (χ2v) is 5.53. The van der Waals surface area contributed by atoms with Crippen molar-refractivity contribution in [3.05, 3.63) is 35.6 Å². The Morgan fingerprint density at radius 2 is 2.20 bits per heavy atom. The van der Waals surface area contributed by atoms with Crippen LogP contribution in [0, 0.1) is 5.82 Å². The summed E-state index contributed by atoms with van der Waals surface area (Å²) in [5.74, 6) is -0.186. The molecule has 4 heteroatoms. The summed E-state index contributed by atoms with van der Waals surface area (Å²) in [6.45, 7) is 1.89. The molecular weight excluding hydrogens is 255 g/mol. The number of hydrogen-bond acceptors (Lipinski definition) is 3. The zero-order valence-electron chi connectivity index (χ0n) is 12.2. The predicted molar refractivity (Wildman–Crippen MR) is 79.1 cm³/mol.